The van der Waals surface area contributed by atoms with Gasteiger partial charge in [-0.1, -0.05) is 12.8 Å². The fourth-order valence-corrected chi connectivity index (χ4v) is 2.25. The molecule has 1 aromatic carbocycles. The molecular weight excluding hydrogens is 276 g/mol. The number of rotatable bonds is 5. The Balaban J connectivity index is 2.32. The molecule has 112 valence electrons. The number of carbonyl (C=O) groups excluding carboxylic acids is 1. The van der Waals surface area contributed by atoms with Crippen molar-refractivity contribution in [3.05, 3.63) is 28.8 Å². The van der Waals surface area contributed by atoms with Gasteiger partial charge in [-0.15, -0.1) is 6.42 Å². The summed E-state index contributed by atoms with van der Waals surface area (Å²) in [6.07, 6.45) is 8.14. The van der Waals surface area contributed by atoms with Crippen molar-refractivity contribution in [3.63, 3.8) is 0 Å². The van der Waals surface area contributed by atoms with Gasteiger partial charge >= 0.3 is 0 Å². The Labute approximate surface area is 122 Å². The highest BCUT2D eigenvalue weighted by Crippen LogP contribution is 2.29. The van der Waals surface area contributed by atoms with Crippen molar-refractivity contribution >= 4 is 5.91 Å². The molecule has 1 amide bonds. The van der Waals surface area contributed by atoms with Gasteiger partial charge in [-0.3, -0.25) is 4.79 Å². The van der Waals surface area contributed by atoms with Crippen molar-refractivity contribution in [3.8, 4) is 18.1 Å². The van der Waals surface area contributed by atoms with Crippen LogP contribution in [0.25, 0.3) is 0 Å². The average Bonchev–Trinajstić information content (AvgIpc) is 2.42. The highest BCUT2D eigenvalue weighted by Gasteiger charge is 2.25. The first-order valence-electron chi connectivity index (χ1n) is 6.96. The van der Waals surface area contributed by atoms with Crippen LogP contribution in [0, 0.1) is 24.0 Å². The molecule has 0 aromatic heterocycles. The van der Waals surface area contributed by atoms with Crippen LogP contribution in [0.15, 0.2) is 6.07 Å². The molecule has 1 aromatic rings. The maximum absolute atomic E-state index is 14.3. The van der Waals surface area contributed by atoms with Crippen LogP contribution in [0.3, 0.4) is 0 Å². The van der Waals surface area contributed by atoms with E-state index in [4.69, 9.17) is 11.2 Å². The predicted octanol–water partition coefficient (Wildman–Crippen LogP) is 2.82. The van der Waals surface area contributed by atoms with E-state index in [1.165, 1.54) is 0 Å². The molecule has 5 heteroatoms. The standard InChI is InChI=1S/C16H17F2NO2/c1-3-8-21-15-13(17)9-12(11(4-2)14(15)18)16(20)19-10-6-5-7-10/h1,9-10H,4-8H2,2H3,(H,19,20). The summed E-state index contributed by atoms with van der Waals surface area (Å²) in [6, 6.07) is 1.12. The van der Waals surface area contributed by atoms with Crippen molar-refractivity contribution in [1.82, 2.24) is 5.32 Å². The van der Waals surface area contributed by atoms with E-state index >= 15 is 0 Å². The first-order chi connectivity index (χ1) is 10.1. The van der Waals surface area contributed by atoms with Crippen molar-refractivity contribution in [2.75, 3.05) is 6.61 Å². The second-order valence-electron chi connectivity index (χ2n) is 4.98. The Morgan fingerprint density at radius 2 is 2.24 bits per heavy atom. The first kappa shape index (κ1) is 15.3. The molecule has 0 unspecified atom stereocenters. The quantitative estimate of drug-likeness (QED) is 0.848. The summed E-state index contributed by atoms with van der Waals surface area (Å²) >= 11 is 0. The lowest BCUT2D eigenvalue weighted by atomic mass is 9.92. The van der Waals surface area contributed by atoms with Gasteiger partial charge in [-0.25, -0.2) is 8.78 Å². The average molecular weight is 293 g/mol. The van der Waals surface area contributed by atoms with Gasteiger partial charge in [0.25, 0.3) is 5.91 Å². The minimum atomic E-state index is -0.918. The van der Waals surface area contributed by atoms with Crippen LogP contribution in [-0.4, -0.2) is 18.6 Å². The SMILES string of the molecule is C#CCOc1c(F)cc(C(=O)NC2CCC2)c(CC)c1F. The maximum Gasteiger partial charge on any atom is 0.251 e. The number of carbonyl (C=O) groups is 1. The van der Waals surface area contributed by atoms with Gasteiger partial charge in [-0.2, -0.15) is 0 Å². The molecule has 0 saturated heterocycles. The molecule has 1 aliphatic rings. The van der Waals surface area contributed by atoms with Crippen LogP contribution in [0.4, 0.5) is 8.78 Å². The van der Waals surface area contributed by atoms with E-state index in [9.17, 15) is 13.6 Å². The molecule has 0 bridgehead atoms. The van der Waals surface area contributed by atoms with Crippen LogP contribution in [0.1, 0.15) is 42.1 Å². The van der Waals surface area contributed by atoms with Crippen LogP contribution in [-0.2, 0) is 6.42 Å². The molecule has 1 saturated carbocycles. The summed E-state index contributed by atoms with van der Waals surface area (Å²) in [5.74, 6) is -0.591. The lowest BCUT2D eigenvalue weighted by Crippen LogP contribution is -2.40. The molecule has 2 rings (SSSR count). The molecule has 1 fully saturated rings. The second-order valence-corrected chi connectivity index (χ2v) is 4.98. The minimum Gasteiger partial charge on any atom is -0.475 e. The third-order valence-corrected chi connectivity index (χ3v) is 3.62. The Hall–Kier alpha value is -2.09. The molecule has 0 aliphatic heterocycles. The highest BCUT2D eigenvalue weighted by atomic mass is 19.1. The number of hydrogen-bond acceptors (Lipinski definition) is 2. The Morgan fingerprint density at radius 3 is 2.76 bits per heavy atom. The van der Waals surface area contributed by atoms with Crippen LogP contribution >= 0.6 is 0 Å². The summed E-state index contributed by atoms with van der Waals surface area (Å²) in [5, 5.41) is 2.78. The molecule has 0 heterocycles. The van der Waals surface area contributed by atoms with Crippen LogP contribution in [0.2, 0.25) is 0 Å². The normalized spacial score (nSPS) is 14.2. The van der Waals surface area contributed by atoms with Crippen molar-refractivity contribution in [2.45, 2.75) is 38.6 Å². The Bertz CT molecular complexity index is 589. The van der Waals surface area contributed by atoms with Crippen molar-refractivity contribution < 1.29 is 18.3 Å². The number of halogens is 2. The topological polar surface area (TPSA) is 38.3 Å². The fraction of sp³-hybridized carbons (Fsp3) is 0.438. The van der Waals surface area contributed by atoms with E-state index in [2.05, 4.69) is 11.2 Å². The van der Waals surface area contributed by atoms with Gasteiger partial charge in [0.15, 0.2) is 17.4 Å². The molecule has 1 aliphatic carbocycles. The smallest absolute Gasteiger partial charge is 0.251 e. The molecule has 1 N–H and O–H groups in total. The summed E-state index contributed by atoms with van der Waals surface area (Å²) in [6.45, 7) is 1.46. The van der Waals surface area contributed by atoms with Gasteiger partial charge < -0.3 is 10.1 Å². The number of hydrogen-bond donors (Lipinski definition) is 1. The zero-order chi connectivity index (χ0) is 15.4. The van der Waals surface area contributed by atoms with Crippen LogP contribution in [0.5, 0.6) is 5.75 Å². The van der Waals surface area contributed by atoms with Gasteiger partial charge in [0.1, 0.15) is 6.61 Å². The van der Waals surface area contributed by atoms with Gasteiger partial charge in [0.2, 0.25) is 0 Å². The first-order valence-corrected chi connectivity index (χ1v) is 6.96. The summed E-state index contributed by atoms with van der Waals surface area (Å²) in [5.41, 5.74) is 0.160. The third-order valence-electron chi connectivity index (χ3n) is 3.62. The lowest BCUT2D eigenvalue weighted by Gasteiger charge is -2.27. The number of amides is 1. The third kappa shape index (κ3) is 3.15. The zero-order valence-corrected chi connectivity index (χ0v) is 11.8. The van der Waals surface area contributed by atoms with Crippen LogP contribution < -0.4 is 10.1 Å². The van der Waals surface area contributed by atoms with Crippen molar-refractivity contribution in [1.29, 1.82) is 0 Å². The van der Waals surface area contributed by atoms with E-state index in [1.54, 1.807) is 6.92 Å². The number of nitrogens with one attached hydrogen (secondary N) is 1. The van der Waals surface area contributed by atoms with E-state index < -0.39 is 23.3 Å². The number of terminal acetylenes is 1. The number of benzene rings is 1. The molecule has 3 nitrogen and oxygen atoms in total. The molecule has 0 spiro atoms. The second kappa shape index (κ2) is 6.57. The van der Waals surface area contributed by atoms with Gasteiger partial charge in [0.05, 0.1) is 0 Å². The largest absolute Gasteiger partial charge is 0.475 e. The highest BCUT2D eigenvalue weighted by molar-refractivity contribution is 5.96. The molecule has 21 heavy (non-hydrogen) atoms. The van der Waals surface area contributed by atoms with E-state index in [-0.39, 0.29) is 30.2 Å². The molecule has 0 atom stereocenters. The van der Waals surface area contributed by atoms with Gasteiger partial charge in [0, 0.05) is 17.2 Å². The molecular formula is C16H17F2NO2. The zero-order valence-electron chi connectivity index (χ0n) is 11.8. The maximum atomic E-state index is 14.3. The Morgan fingerprint density at radius 1 is 1.52 bits per heavy atom. The minimum absolute atomic E-state index is 0.0208. The monoisotopic (exact) mass is 293 g/mol. The van der Waals surface area contributed by atoms with Crippen molar-refractivity contribution in [2.24, 2.45) is 0 Å². The number of ether oxygens (including phenoxy) is 1. The van der Waals surface area contributed by atoms with Gasteiger partial charge in [-0.05, 0) is 31.7 Å². The van der Waals surface area contributed by atoms with E-state index in [0.29, 0.717) is 0 Å². The predicted molar refractivity (Wildman–Crippen MR) is 75.2 cm³/mol. The lowest BCUT2D eigenvalue weighted by molar-refractivity contribution is 0.0914. The summed E-state index contributed by atoms with van der Waals surface area (Å²) in [7, 11) is 0. The Kier molecular flexibility index (Phi) is 4.79. The molecule has 0 radical (unpaired) electrons. The summed E-state index contributed by atoms with van der Waals surface area (Å²) in [4.78, 5) is 12.1. The van der Waals surface area contributed by atoms with E-state index in [0.717, 1.165) is 25.3 Å². The summed E-state index contributed by atoms with van der Waals surface area (Å²) < 4.78 is 33.1. The fourth-order valence-electron chi connectivity index (χ4n) is 2.25. The van der Waals surface area contributed by atoms with E-state index in [1.807, 2.05) is 0 Å².